The first-order valence-corrected chi connectivity index (χ1v) is 6.57. The van der Waals surface area contributed by atoms with Crippen LogP contribution in [0.1, 0.15) is 5.69 Å². The molecular weight excluding hydrogens is 331 g/mol. The number of fused-ring (bicyclic) bond motifs is 1. The van der Waals surface area contributed by atoms with Gasteiger partial charge in [0.1, 0.15) is 0 Å². The van der Waals surface area contributed by atoms with E-state index in [1.807, 2.05) is 36.4 Å². The van der Waals surface area contributed by atoms with Crippen LogP contribution in [0.25, 0.3) is 10.9 Å². The zero-order valence-electron chi connectivity index (χ0n) is 11.5. The molecule has 1 heterocycles. The molecule has 1 aromatic carbocycles. The molecule has 0 bridgehead atoms. The molecule has 0 saturated carbocycles. The molecule has 0 atom stereocenters. The number of nitroso groups, excluding NO2 is 1. The first-order chi connectivity index (χ1) is 9.74. The Labute approximate surface area is 138 Å². The van der Waals surface area contributed by atoms with E-state index >= 15 is 0 Å². The van der Waals surface area contributed by atoms with Crippen molar-refractivity contribution < 1.29 is 10.3 Å². The highest BCUT2D eigenvalue weighted by Gasteiger charge is 2.12. The van der Waals surface area contributed by atoms with E-state index in [0.29, 0.717) is 5.69 Å². The number of nitrogens with zero attached hydrogens (tertiary/aromatic N) is 3. The fourth-order valence-corrected chi connectivity index (χ4v) is 1.88. The standard InChI is InChI=1S/C13H13ClN4O2.ClH.H2O/c14-7-8-18(17-20)13(19)15-9-11-6-5-10-3-1-2-4-12(10)16-11;;/h1-6H,7-9H2,(H,15,19);1H;1H2. The molecule has 2 aromatic rings. The Bertz CT molecular complexity index is 627. The molecule has 0 aliphatic carbocycles. The molecule has 0 unspecified atom stereocenters. The van der Waals surface area contributed by atoms with Gasteiger partial charge in [0.05, 0.1) is 29.6 Å². The average molecular weight is 347 g/mol. The van der Waals surface area contributed by atoms with Gasteiger partial charge in [-0.3, -0.25) is 4.98 Å². The summed E-state index contributed by atoms with van der Waals surface area (Å²) in [6.45, 7) is 0.292. The van der Waals surface area contributed by atoms with Gasteiger partial charge in [-0.25, -0.2) is 4.79 Å². The zero-order chi connectivity index (χ0) is 14.4. The molecule has 0 aliphatic heterocycles. The van der Waals surface area contributed by atoms with E-state index in [-0.39, 0.29) is 36.9 Å². The Morgan fingerprint density at radius 3 is 2.68 bits per heavy atom. The predicted octanol–water partition coefficient (Wildman–Crippen LogP) is 2.26. The van der Waals surface area contributed by atoms with Gasteiger partial charge in [0, 0.05) is 11.3 Å². The molecule has 0 radical (unpaired) electrons. The van der Waals surface area contributed by atoms with Crippen LogP contribution in [0.5, 0.6) is 0 Å². The third kappa shape index (κ3) is 5.10. The highest BCUT2D eigenvalue weighted by Crippen LogP contribution is 2.11. The molecule has 0 spiro atoms. The molecule has 2 rings (SSSR count). The van der Waals surface area contributed by atoms with Crippen LogP contribution < -0.4 is 5.32 Å². The summed E-state index contributed by atoms with van der Waals surface area (Å²) in [7, 11) is 0. The highest BCUT2D eigenvalue weighted by molar-refractivity contribution is 6.18. The van der Waals surface area contributed by atoms with Crippen molar-refractivity contribution in [2.75, 3.05) is 12.4 Å². The van der Waals surface area contributed by atoms with Crippen molar-refractivity contribution in [1.29, 1.82) is 0 Å². The number of hydrogen-bond acceptors (Lipinski definition) is 4. The molecule has 120 valence electrons. The number of aromatic nitrogens is 1. The van der Waals surface area contributed by atoms with Crippen LogP contribution >= 0.6 is 24.0 Å². The van der Waals surface area contributed by atoms with E-state index in [1.165, 1.54) is 0 Å². The fraction of sp³-hybridized carbons (Fsp3) is 0.231. The molecule has 9 heteroatoms. The molecule has 0 fully saturated rings. The van der Waals surface area contributed by atoms with Crippen LogP contribution in [0.4, 0.5) is 4.79 Å². The van der Waals surface area contributed by atoms with Gasteiger partial charge in [-0.05, 0) is 12.1 Å². The third-order valence-corrected chi connectivity index (χ3v) is 2.88. The second kappa shape index (κ2) is 9.88. The maximum Gasteiger partial charge on any atom is 0.340 e. The number of para-hydroxylation sites is 1. The van der Waals surface area contributed by atoms with Crippen LogP contribution in [0.3, 0.4) is 0 Å². The lowest BCUT2D eigenvalue weighted by Gasteiger charge is -2.12. The van der Waals surface area contributed by atoms with Gasteiger partial charge in [0.25, 0.3) is 0 Å². The van der Waals surface area contributed by atoms with Crippen LogP contribution in [-0.2, 0) is 6.54 Å². The van der Waals surface area contributed by atoms with E-state index < -0.39 is 6.03 Å². The Morgan fingerprint density at radius 1 is 1.27 bits per heavy atom. The van der Waals surface area contributed by atoms with Crippen LogP contribution in [0.15, 0.2) is 41.7 Å². The van der Waals surface area contributed by atoms with Crippen LogP contribution in [0, 0.1) is 4.91 Å². The molecule has 22 heavy (non-hydrogen) atoms. The summed E-state index contributed by atoms with van der Waals surface area (Å²) in [6.07, 6.45) is 0. The number of rotatable bonds is 5. The molecule has 0 aliphatic rings. The number of hydrogen-bond donors (Lipinski definition) is 1. The number of nitrogens with one attached hydrogen (secondary N) is 1. The van der Waals surface area contributed by atoms with Gasteiger partial charge >= 0.3 is 6.03 Å². The van der Waals surface area contributed by atoms with Gasteiger partial charge in [-0.2, -0.15) is 5.01 Å². The number of halogens is 2. The van der Waals surface area contributed by atoms with Crippen molar-refractivity contribution >= 4 is 40.9 Å². The third-order valence-electron chi connectivity index (χ3n) is 2.71. The molecule has 0 saturated heterocycles. The highest BCUT2D eigenvalue weighted by atomic mass is 35.5. The maximum atomic E-state index is 11.6. The number of urea groups is 1. The summed E-state index contributed by atoms with van der Waals surface area (Å²) in [5.41, 5.74) is 1.55. The Hall–Kier alpha value is -1.96. The van der Waals surface area contributed by atoms with Crippen molar-refractivity contribution in [3.8, 4) is 0 Å². The number of amides is 2. The van der Waals surface area contributed by atoms with E-state index in [9.17, 15) is 9.70 Å². The zero-order valence-corrected chi connectivity index (χ0v) is 13.1. The minimum absolute atomic E-state index is 0. The lowest BCUT2D eigenvalue weighted by molar-refractivity contribution is 0.201. The number of pyridine rings is 1. The summed E-state index contributed by atoms with van der Waals surface area (Å²) >= 11 is 5.47. The Morgan fingerprint density at radius 2 is 2.00 bits per heavy atom. The van der Waals surface area contributed by atoms with Gasteiger partial charge in [0.2, 0.25) is 0 Å². The van der Waals surface area contributed by atoms with Gasteiger partial charge in [-0.1, -0.05) is 24.3 Å². The second-order valence-corrected chi connectivity index (χ2v) is 4.43. The molecule has 7 nitrogen and oxygen atoms in total. The second-order valence-electron chi connectivity index (χ2n) is 4.05. The summed E-state index contributed by atoms with van der Waals surface area (Å²) in [6, 6.07) is 10.9. The van der Waals surface area contributed by atoms with E-state index in [2.05, 4.69) is 15.6 Å². The lowest BCUT2D eigenvalue weighted by atomic mass is 10.2. The minimum Gasteiger partial charge on any atom is -0.412 e. The number of alkyl halides is 1. The van der Waals surface area contributed by atoms with Crippen molar-refractivity contribution in [3.05, 3.63) is 47.0 Å². The predicted molar refractivity (Wildman–Crippen MR) is 88.1 cm³/mol. The first kappa shape index (κ1) is 20.0. The molecular formula is C13H16Cl2N4O3. The van der Waals surface area contributed by atoms with Crippen molar-refractivity contribution in [2.24, 2.45) is 5.29 Å². The summed E-state index contributed by atoms with van der Waals surface area (Å²) in [4.78, 5) is 26.5. The van der Waals surface area contributed by atoms with E-state index in [0.717, 1.165) is 15.9 Å². The SMILES string of the molecule is Cl.O.O=NN(CCCl)C(=O)NCc1ccc2ccccc2n1. The number of carbonyl (C=O) groups excluding carboxylic acids is 1. The normalized spacial score (nSPS) is 9.32. The number of benzene rings is 1. The summed E-state index contributed by atoms with van der Waals surface area (Å²) in [5, 5.41) is 6.95. The lowest BCUT2D eigenvalue weighted by Crippen LogP contribution is -2.37. The summed E-state index contributed by atoms with van der Waals surface area (Å²) < 4.78 is 0. The van der Waals surface area contributed by atoms with E-state index in [4.69, 9.17) is 11.6 Å². The van der Waals surface area contributed by atoms with Gasteiger partial charge in [-0.15, -0.1) is 28.9 Å². The first-order valence-electron chi connectivity index (χ1n) is 6.04. The van der Waals surface area contributed by atoms with Crippen molar-refractivity contribution in [3.63, 3.8) is 0 Å². The minimum atomic E-state index is -0.587. The Kier molecular flexibility index (Phi) is 9.00. The summed E-state index contributed by atoms with van der Waals surface area (Å²) in [5.74, 6) is 0.146. The van der Waals surface area contributed by atoms with Crippen molar-refractivity contribution in [2.45, 2.75) is 6.54 Å². The monoisotopic (exact) mass is 346 g/mol. The quantitative estimate of drug-likeness (QED) is 0.509. The topological polar surface area (TPSA) is 106 Å². The van der Waals surface area contributed by atoms with E-state index in [1.54, 1.807) is 0 Å². The van der Waals surface area contributed by atoms with Crippen molar-refractivity contribution in [1.82, 2.24) is 15.3 Å². The van der Waals surface area contributed by atoms with Gasteiger partial charge < -0.3 is 10.8 Å². The number of carbonyl (C=O) groups is 1. The largest absolute Gasteiger partial charge is 0.412 e. The smallest absolute Gasteiger partial charge is 0.340 e. The molecule has 2 amide bonds. The molecule has 1 aromatic heterocycles. The average Bonchev–Trinajstić information content (AvgIpc) is 2.50. The van der Waals surface area contributed by atoms with Gasteiger partial charge in [0.15, 0.2) is 0 Å². The fourth-order valence-electron chi connectivity index (χ4n) is 1.72. The maximum absolute atomic E-state index is 11.6. The van der Waals surface area contributed by atoms with Crippen LogP contribution in [-0.4, -0.2) is 33.9 Å². The Balaban J connectivity index is 0.00000220. The molecule has 3 N–H and O–H groups in total. The van der Waals surface area contributed by atoms with Crippen LogP contribution in [0.2, 0.25) is 0 Å².